The molecule has 0 heterocycles. The minimum Gasteiger partial charge on any atom is -0.493 e. The van der Waals surface area contributed by atoms with Crippen LogP contribution in [-0.2, 0) is 9.84 Å². The first-order valence-electron chi connectivity index (χ1n) is 8.11. The molecule has 0 unspecified atom stereocenters. The van der Waals surface area contributed by atoms with Crippen LogP contribution in [0.3, 0.4) is 0 Å². The monoisotopic (exact) mass is 371 g/mol. The Morgan fingerprint density at radius 2 is 1.85 bits per heavy atom. The summed E-state index contributed by atoms with van der Waals surface area (Å²) in [6.07, 6.45) is 1.33. The van der Waals surface area contributed by atoms with Gasteiger partial charge in [0.2, 0.25) is 9.84 Å². The molecule has 0 N–H and O–H groups in total. The van der Waals surface area contributed by atoms with E-state index in [0.717, 1.165) is 0 Å². The maximum atomic E-state index is 12.6. The minimum atomic E-state index is -3.87. The van der Waals surface area contributed by atoms with Crippen molar-refractivity contribution in [3.63, 3.8) is 0 Å². The quantitative estimate of drug-likeness (QED) is 0.686. The van der Waals surface area contributed by atoms with Crippen molar-refractivity contribution in [2.45, 2.75) is 18.7 Å². The molecule has 0 fully saturated rings. The maximum absolute atomic E-state index is 12.6. The van der Waals surface area contributed by atoms with E-state index >= 15 is 0 Å². The molecule has 26 heavy (non-hydrogen) atoms. The lowest BCUT2D eigenvalue weighted by Gasteiger charge is -2.13. The van der Waals surface area contributed by atoms with Gasteiger partial charge in [-0.1, -0.05) is 38.1 Å². The number of benzene rings is 2. The van der Waals surface area contributed by atoms with Crippen molar-refractivity contribution in [1.29, 1.82) is 5.26 Å². The van der Waals surface area contributed by atoms with Crippen molar-refractivity contribution in [1.82, 2.24) is 0 Å². The fourth-order valence-corrected chi connectivity index (χ4v) is 3.38. The highest BCUT2D eigenvalue weighted by atomic mass is 32.2. The molecule has 6 heteroatoms. The van der Waals surface area contributed by atoms with Crippen molar-refractivity contribution in [2.24, 2.45) is 5.92 Å². The van der Waals surface area contributed by atoms with Crippen molar-refractivity contribution in [3.8, 4) is 17.6 Å². The average molecular weight is 371 g/mol. The molecule has 0 atom stereocenters. The summed E-state index contributed by atoms with van der Waals surface area (Å²) in [5.74, 6) is 1.41. The van der Waals surface area contributed by atoms with Crippen LogP contribution >= 0.6 is 0 Å². The highest BCUT2D eigenvalue weighted by molar-refractivity contribution is 7.95. The van der Waals surface area contributed by atoms with E-state index in [4.69, 9.17) is 9.47 Å². The van der Waals surface area contributed by atoms with Crippen LogP contribution in [0.15, 0.2) is 58.3 Å². The van der Waals surface area contributed by atoms with E-state index in [0.29, 0.717) is 29.6 Å². The van der Waals surface area contributed by atoms with Crippen LogP contribution in [0, 0.1) is 17.2 Å². The number of sulfone groups is 1. The van der Waals surface area contributed by atoms with E-state index in [1.54, 1.807) is 42.5 Å². The molecular weight excluding hydrogens is 350 g/mol. The van der Waals surface area contributed by atoms with Crippen LogP contribution in [0.2, 0.25) is 0 Å². The molecule has 0 aliphatic heterocycles. The Hall–Kier alpha value is -2.78. The summed E-state index contributed by atoms with van der Waals surface area (Å²) in [5, 5.41) is 9.36. The van der Waals surface area contributed by atoms with Crippen molar-refractivity contribution < 1.29 is 17.9 Å². The van der Waals surface area contributed by atoms with Crippen LogP contribution in [0.5, 0.6) is 11.5 Å². The number of rotatable bonds is 7. The van der Waals surface area contributed by atoms with Gasteiger partial charge in [0, 0.05) is 0 Å². The number of methoxy groups -OCH3 is 1. The van der Waals surface area contributed by atoms with Crippen LogP contribution in [0.25, 0.3) is 6.08 Å². The Morgan fingerprint density at radius 1 is 1.15 bits per heavy atom. The second-order valence-corrected chi connectivity index (χ2v) is 7.97. The van der Waals surface area contributed by atoms with Crippen molar-refractivity contribution >= 4 is 15.9 Å². The summed E-state index contributed by atoms with van der Waals surface area (Å²) in [7, 11) is -2.36. The SMILES string of the molecule is COc1cc(/C=C(\C#N)S(=O)(=O)c2ccccc2)ccc1OCC(C)C. The van der Waals surface area contributed by atoms with Crippen molar-refractivity contribution in [2.75, 3.05) is 13.7 Å². The fraction of sp³-hybridized carbons (Fsp3) is 0.250. The fourth-order valence-electron chi connectivity index (χ4n) is 2.20. The average Bonchev–Trinajstić information content (AvgIpc) is 2.65. The Bertz CT molecular complexity index is 926. The molecule has 0 amide bonds. The summed E-state index contributed by atoms with van der Waals surface area (Å²) in [6.45, 7) is 4.62. The van der Waals surface area contributed by atoms with E-state index in [9.17, 15) is 13.7 Å². The number of hydrogen-bond acceptors (Lipinski definition) is 5. The first kappa shape index (κ1) is 19.5. The van der Waals surface area contributed by atoms with E-state index < -0.39 is 9.84 Å². The molecule has 136 valence electrons. The number of allylic oxidation sites excluding steroid dienone is 1. The second-order valence-electron chi connectivity index (χ2n) is 6.05. The Morgan fingerprint density at radius 3 is 2.42 bits per heavy atom. The zero-order chi connectivity index (χ0) is 19.2. The minimum absolute atomic E-state index is 0.0802. The lowest BCUT2D eigenvalue weighted by Crippen LogP contribution is -2.05. The molecule has 5 nitrogen and oxygen atoms in total. The second kappa shape index (κ2) is 8.54. The maximum Gasteiger partial charge on any atom is 0.216 e. The number of hydrogen-bond donors (Lipinski definition) is 0. The summed E-state index contributed by atoms with van der Waals surface area (Å²) in [6, 6.07) is 14.7. The Kier molecular flexibility index (Phi) is 6.42. The zero-order valence-corrected chi connectivity index (χ0v) is 15.8. The lowest BCUT2D eigenvalue weighted by atomic mass is 10.2. The largest absolute Gasteiger partial charge is 0.493 e. The first-order chi connectivity index (χ1) is 12.4. The third-order valence-electron chi connectivity index (χ3n) is 3.51. The molecule has 0 saturated carbocycles. The predicted molar refractivity (Wildman–Crippen MR) is 101 cm³/mol. The van der Waals surface area contributed by atoms with Gasteiger partial charge in [-0.15, -0.1) is 0 Å². The Labute approximate surface area is 154 Å². The number of ether oxygens (including phenoxy) is 2. The van der Waals surface area contributed by atoms with Crippen LogP contribution in [0.1, 0.15) is 19.4 Å². The topological polar surface area (TPSA) is 76.4 Å². The molecule has 0 bridgehead atoms. The molecule has 0 spiro atoms. The van der Waals surface area contributed by atoms with Gasteiger partial charge in [0.25, 0.3) is 0 Å². The standard InChI is InChI=1S/C20H21NO4S/c1-15(2)14-25-19-10-9-16(12-20(19)24-3)11-18(13-21)26(22,23)17-7-5-4-6-8-17/h4-12,15H,14H2,1-3H3/b18-11+. The molecular formula is C20H21NO4S. The highest BCUT2D eigenvalue weighted by Crippen LogP contribution is 2.30. The summed E-state index contributed by atoms with van der Waals surface area (Å²) >= 11 is 0. The van der Waals surface area contributed by atoms with Gasteiger partial charge >= 0.3 is 0 Å². The van der Waals surface area contributed by atoms with E-state index in [2.05, 4.69) is 0 Å². The van der Waals surface area contributed by atoms with Gasteiger partial charge < -0.3 is 9.47 Å². The summed E-state index contributed by atoms with van der Waals surface area (Å²) in [4.78, 5) is -0.252. The van der Waals surface area contributed by atoms with Crippen LogP contribution in [-0.4, -0.2) is 22.1 Å². The smallest absolute Gasteiger partial charge is 0.216 e. The van der Waals surface area contributed by atoms with Gasteiger partial charge in [0.1, 0.15) is 11.0 Å². The molecule has 0 radical (unpaired) electrons. The highest BCUT2D eigenvalue weighted by Gasteiger charge is 2.20. The van der Waals surface area contributed by atoms with Gasteiger partial charge in [0.15, 0.2) is 11.5 Å². The zero-order valence-electron chi connectivity index (χ0n) is 15.0. The molecule has 2 aromatic carbocycles. The predicted octanol–water partition coefficient (Wildman–Crippen LogP) is 4.07. The Balaban J connectivity index is 2.39. The van der Waals surface area contributed by atoms with Crippen LogP contribution in [0.4, 0.5) is 0 Å². The van der Waals surface area contributed by atoms with E-state index in [-0.39, 0.29) is 9.80 Å². The molecule has 0 aliphatic carbocycles. The first-order valence-corrected chi connectivity index (χ1v) is 9.59. The van der Waals surface area contributed by atoms with E-state index in [1.165, 1.54) is 25.3 Å². The van der Waals surface area contributed by atoms with E-state index in [1.807, 2.05) is 13.8 Å². The van der Waals surface area contributed by atoms with Crippen LogP contribution < -0.4 is 9.47 Å². The molecule has 0 saturated heterocycles. The lowest BCUT2D eigenvalue weighted by molar-refractivity contribution is 0.257. The van der Waals surface area contributed by atoms with Gasteiger partial charge in [-0.2, -0.15) is 5.26 Å². The van der Waals surface area contributed by atoms with Gasteiger partial charge in [-0.25, -0.2) is 8.42 Å². The number of nitriles is 1. The molecule has 0 aromatic heterocycles. The normalized spacial score (nSPS) is 11.9. The van der Waals surface area contributed by atoms with Crippen molar-refractivity contribution in [3.05, 3.63) is 59.0 Å². The molecule has 0 aliphatic rings. The van der Waals surface area contributed by atoms with Gasteiger partial charge in [-0.3, -0.25) is 0 Å². The van der Waals surface area contributed by atoms with Gasteiger partial charge in [0.05, 0.1) is 18.6 Å². The third kappa shape index (κ3) is 4.64. The summed E-state index contributed by atoms with van der Waals surface area (Å²) < 4.78 is 36.2. The molecule has 2 rings (SSSR count). The third-order valence-corrected chi connectivity index (χ3v) is 5.19. The van der Waals surface area contributed by atoms with Gasteiger partial charge in [-0.05, 0) is 41.8 Å². The number of nitrogens with zero attached hydrogens (tertiary/aromatic N) is 1. The molecule has 2 aromatic rings. The summed E-state index contributed by atoms with van der Waals surface area (Å²) in [5.41, 5.74) is 0.537.